The van der Waals surface area contributed by atoms with E-state index >= 15 is 0 Å². The van der Waals surface area contributed by atoms with Gasteiger partial charge in [0.15, 0.2) is 0 Å². The molecule has 1 aromatic rings. The molecule has 0 radical (unpaired) electrons. The number of hydrogen-bond acceptors (Lipinski definition) is 2. The zero-order valence-electron chi connectivity index (χ0n) is 20.3. The minimum absolute atomic E-state index is 0.363. The van der Waals surface area contributed by atoms with Crippen LogP contribution in [-0.4, -0.2) is 37.0 Å². The Hall–Kier alpha value is -1.51. The van der Waals surface area contributed by atoms with Gasteiger partial charge in [-0.1, -0.05) is 115 Å². The number of nitrogens with zero attached hydrogens (tertiary/aromatic N) is 2. The molecule has 0 unspecified atom stereocenters. The van der Waals surface area contributed by atoms with Gasteiger partial charge >= 0.3 is 0 Å². The van der Waals surface area contributed by atoms with Gasteiger partial charge in [0.05, 0.1) is 0 Å². The first-order valence-electron chi connectivity index (χ1n) is 13.4. The normalized spacial score (nSPS) is 14.2. The van der Waals surface area contributed by atoms with E-state index < -0.39 is 0 Å². The van der Waals surface area contributed by atoms with Crippen LogP contribution >= 0.6 is 0 Å². The van der Waals surface area contributed by atoms with Crippen LogP contribution < -0.4 is 4.90 Å². The second-order valence-electron chi connectivity index (χ2n) is 9.40. The van der Waals surface area contributed by atoms with E-state index in [1.165, 1.54) is 95.6 Å². The zero-order valence-corrected chi connectivity index (χ0v) is 20.3. The maximum absolute atomic E-state index is 12.5. The van der Waals surface area contributed by atoms with Crippen LogP contribution in [0.5, 0.6) is 0 Å². The Morgan fingerprint density at radius 2 is 1.10 bits per heavy atom. The van der Waals surface area contributed by atoms with Crippen LogP contribution in [0.2, 0.25) is 0 Å². The summed E-state index contributed by atoms with van der Waals surface area (Å²) in [5, 5.41) is 0. The molecule has 0 aromatic heterocycles. The number of unbranched alkanes of at least 4 members (excludes halogenated alkanes) is 14. The van der Waals surface area contributed by atoms with Crippen molar-refractivity contribution in [2.24, 2.45) is 0 Å². The molecule has 0 saturated carbocycles. The Labute approximate surface area is 192 Å². The summed E-state index contributed by atoms with van der Waals surface area (Å²) < 4.78 is 0. The zero-order chi connectivity index (χ0) is 22.0. The van der Waals surface area contributed by atoms with Gasteiger partial charge in [-0.3, -0.25) is 4.79 Å². The summed E-state index contributed by atoms with van der Waals surface area (Å²) in [5.41, 5.74) is 1.28. The summed E-state index contributed by atoms with van der Waals surface area (Å²) in [5.74, 6) is 0.363. The maximum Gasteiger partial charge on any atom is 0.222 e. The lowest BCUT2D eigenvalue weighted by atomic mass is 10.0. The number of benzene rings is 1. The largest absolute Gasteiger partial charge is 0.368 e. The molecule has 1 saturated heterocycles. The average molecular weight is 429 g/mol. The maximum atomic E-state index is 12.5. The van der Waals surface area contributed by atoms with Crippen molar-refractivity contribution in [2.75, 3.05) is 31.1 Å². The van der Waals surface area contributed by atoms with Crippen molar-refractivity contribution >= 4 is 11.6 Å². The topological polar surface area (TPSA) is 23.6 Å². The van der Waals surface area contributed by atoms with E-state index in [0.717, 1.165) is 39.0 Å². The van der Waals surface area contributed by atoms with Gasteiger partial charge in [0.25, 0.3) is 0 Å². The van der Waals surface area contributed by atoms with Crippen molar-refractivity contribution < 1.29 is 4.79 Å². The molecule has 1 amide bonds. The third-order valence-corrected chi connectivity index (χ3v) is 6.75. The van der Waals surface area contributed by atoms with Gasteiger partial charge in [-0.25, -0.2) is 0 Å². The van der Waals surface area contributed by atoms with E-state index in [2.05, 4.69) is 47.1 Å². The van der Waals surface area contributed by atoms with Crippen molar-refractivity contribution in [2.45, 2.75) is 110 Å². The molecule has 1 aromatic carbocycles. The van der Waals surface area contributed by atoms with E-state index in [0.29, 0.717) is 5.91 Å². The van der Waals surface area contributed by atoms with Crippen LogP contribution in [0, 0.1) is 0 Å². The van der Waals surface area contributed by atoms with Crippen molar-refractivity contribution in [3.63, 3.8) is 0 Å². The summed E-state index contributed by atoms with van der Waals surface area (Å²) in [4.78, 5) is 16.9. The molecule has 0 aliphatic carbocycles. The van der Waals surface area contributed by atoms with Crippen molar-refractivity contribution in [3.05, 3.63) is 30.3 Å². The third kappa shape index (κ3) is 11.6. The average Bonchev–Trinajstić information content (AvgIpc) is 2.82. The second kappa shape index (κ2) is 17.1. The monoisotopic (exact) mass is 428 g/mol. The molecular weight excluding hydrogens is 380 g/mol. The van der Waals surface area contributed by atoms with E-state index in [4.69, 9.17) is 0 Å². The highest BCUT2D eigenvalue weighted by Crippen LogP contribution is 2.17. The van der Waals surface area contributed by atoms with E-state index in [1.807, 2.05) is 0 Å². The smallest absolute Gasteiger partial charge is 0.222 e. The Bertz CT molecular complexity index is 551. The lowest BCUT2D eigenvalue weighted by Crippen LogP contribution is -2.48. The number of hydrogen-bond donors (Lipinski definition) is 0. The van der Waals surface area contributed by atoms with Crippen LogP contribution in [0.4, 0.5) is 5.69 Å². The quantitative estimate of drug-likeness (QED) is 0.238. The summed E-state index contributed by atoms with van der Waals surface area (Å²) in [6.07, 6.45) is 21.3. The Morgan fingerprint density at radius 3 is 1.58 bits per heavy atom. The minimum Gasteiger partial charge on any atom is -0.368 e. The molecule has 1 aliphatic rings. The number of amides is 1. The molecule has 1 fully saturated rings. The van der Waals surface area contributed by atoms with Gasteiger partial charge in [0, 0.05) is 38.3 Å². The minimum atomic E-state index is 0.363. The standard InChI is InChI=1S/C28H48N2O/c1-2-3-4-5-6-7-8-9-10-11-12-13-14-15-19-22-28(31)30-25-23-29(24-26-30)27-20-17-16-18-21-27/h16-18,20-21H,2-15,19,22-26H2,1H3. The molecular formula is C28H48N2O. The van der Waals surface area contributed by atoms with Gasteiger partial charge in [-0.05, 0) is 18.6 Å². The molecule has 1 heterocycles. The summed E-state index contributed by atoms with van der Waals surface area (Å²) >= 11 is 0. The van der Waals surface area contributed by atoms with E-state index in [9.17, 15) is 4.79 Å². The number of para-hydroxylation sites is 1. The van der Waals surface area contributed by atoms with Gasteiger partial charge in [0.1, 0.15) is 0 Å². The molecule has 31 heavy (non-hydrogen) atoms. The molecule has 0 atom stereocenters. The number of piperazine rings is 1. The van der Waals surface area contributed by atoms with Crippen LogP contribution in [0.1, 0.15) is 110 Å². The fourth-order valence-corrected chi connectivity index (χ4v) is 4.66. The molecule has 0 bridgehead atoms. The predicted octanol–water partition coefficient (Wildman–Crippen LogP) is 7.60. The van der Waals surface area contributed by atoms with Crippen LogP contribution in [0.3, 0.4) is 0 Å². The first kappa shape index (κ1) is 25.7. The van der Waals surface area contributed by atoms with Crippen molar-refractivity contribution in [3.8, 4) is 0 Å². The van der Waals surface area contributed by atoms with Crippen LogP contribution in [0.15, 0.2) is 30.3 Å². The highest BCUT2D eigenvalue weighted by molar-refractivity contribution is 5.76. The van der Waals surface area contributed by atoms with E-state index in [1.54, 1.807) is 0 Å². The van der Waals surface area contributed by atoms with Gasteiger partial charge in [-0.2, -0.15) is 0 Å². The van der Waals surface area contributed by atoms with Crippen LogP contribution in [0.25, 0.3) is 0 Å². The predicted molar refractivity (Wildman–Crippen MR) is 135 cm³/mol. The molecule has 3 heteroatoms. The Morgan fingerprint density at radius 1 is 0.645 bits per heavy atom. The number of anilines is 1. The number of rotatable bonds is 17. The van der Waals surface area contributed by atoms with Gasteiger partial charge in [-0.15, -0.1) is 0 Å². The fourth-order valence-electron chi connectivity index (χ4n) is 4.66. The molecule has 176 valence electrons. The second-order valence-corrected chi connectivity index (χ2v) is 9.40. The van der Waals surface area contributed by atoms with Crippen LogP contribution in [-0.2, 0) is 4.79 Å². The fraction of sp³-hybridized carbons (Fsp3) is 0.750. The summed E-state index contributed by atoms with van der Waals surface area (Å²) in [7, 11) is 0. The first-order valence-corrected chi connectivity index (χ1v) is 13.4. The molecule has 0 N–H and O–H groups in total. The highest BCUT2D eigenvalue weighted by atomic mass is 16.2. The molecule has 1 aliphatic heterocycles. The SMILES string of the molecule is CCCCCCCCCCCCCCCCCC(=O)N1CCN(c2ccccc2)CC1. The van der Waals surface area contributed by atoms with Crippen molar-refractivity contribution in [1.29, 1.82) is 0 Å². The van der Waals surface area contributed by atoms with Gasteiger partial charge < -0.3 is 9.80 Å². The summed E-state index contributed by atoms with van der Waals surface area (Å²) in [6, 6.07) is 10.5. The molecule has 0 spiro atoms. The highest BCUT2D eigenvalue weighted by Gasteiger charge is 2.20. The molecule has 3 nitrogen and oxygen atoms in total. The van der Waals surface area contributed by atoms with Gasteiger partial charge in [0.2, 0.25) is 5.91 Å². The Kier molecular flexibility index (Phi) is 14.2. The lowest BCUT2D eigenvalue weighted by Gasteiger charge is -2.36. The van der Waals surface area contributed by atoms with Crippen molar-refractivity contribution in [1.82, 2.24) is 4.90 Å². The lowest BCUT2D eigenvalue weighted by molar-refractivity contribution is -0.131. The summed E-state index contributed by atoms with van der Waals surface area (Å²) in [6.45, 7) is 5.93. The first-order chi connectivity index (χ1) is 15.3. The molecule has 2 rings (SSSR count). The Balaban J connectivity index is 1.36. The third-order valence-electron chi connectivity index (χ3n) is 6.75. The van der Waals surface area contributed by atoms with E-state index in [-0.39, 0.29) is 0 Å². The number of carbonyl (C=O) groups is 1. The number of carbonyl (C=O) groups excluding carboxylic acids is 1.